The summed E-state index contributed by atoms with van der Waals surface area (Å²) in [6.45, 7) is 2.05. The van der Waals surface area contributed by atoms with E-state index in [4.69, 9.17) is 32.7 Å². The third-order valence-electron chi connectivity index (χ3n) is 3.65. The van der Waals surface area contributed by atoms with Gasteiger partial charge in [-0.1, -0.05) is 23.2 Å². The van der Waals surface area contributed by atoms with E-state index in [9.17, 15) is 4.79 Å². The molecule has 0 spiro atoms. The molecule has 0 atom stereocenters. The molecule has 3 rings (SSSR count). The molecule has 1 aromatic heterocycles. The first-order chi connectivity index (χ1) is 13.0. The summed E-state index contributed by atoms with van der Waals surface area (Å²) >= 11 is 13.3. The number of benzene rings is 2. The first-order valence-corrected chi connectivity index (χ1v) is 9.53. The Balaban J connectivity index is 1.68. The number of halogens is 2. The minimum atomic E-state index is -0.269. The van der Waals surface area contributed by atoms with E-state index in [0.29, 0.717) is 42.8 Å². The van der Waals surface area contributed by atoms with Gasteiger partial charge in [-0.2, -0.15) is 0 Å². The highest BCUT2D eigenvalue weighted by Gasteiger charge is 2.17. The van der Waals surface area contributed by atoms with Gasteiger partial charge in [-0.3, -0.25) is 4.79 Å². The SMILES string of the molecule is COc1ccc(NC(=O)c2sc(COc3ccc(Cl)cc3)nc2C)c(Cl)c1. The van der Waals surface area contributed by atoms with Crippen LogP contribution in [-0.2, 0) is 6.61 Å². The van der Waals surface area contributed by atoms with Crippen LogP contribution in [-0.4, -0.2) is 18.0 Å². The largest absolute Gasteiger partial charge is 0.497 e. The van der Waals surface area contributed by atoms with Gasteiger partial charge in [-0.05, 0) is 43.3 Å². The maximum Gasteiger partial charge on any atom is 0.267 e. The Labute approximate surface area is 170 Å². The number of ether oxygens (including phenoxy) is 2. The quantitative estimate of drug-likeness (QED) is 0.561. The summed E-state index contributed by atoms with van der Waals surface area (Å²) in [4.78, 5) is 17.5. The second kappa shape index (κ2) is 8.61. The number of anilines is 1. The number of hydrogen-bond donors (Lipinski definition) is 1. The molecule has 1 N–H and O–H groups in total. The zero-order valence-electron chi connectivity index (χ0n) is 14.6. The highest BCUT2D eigenvalue weighted by atomic mass is 35.5. The van der Waals surface area contributed by atoms with Crippen LogP contribution in [0.15, 0.2) is 42.5 Å². The van der Waals surface area contributed by atoms with E-state index in [-0.39, 0.29) is 12.5 Å². The topological polar surface area (TPSA) is 60.5 Å². The van der Waals surface area contributed by atoms with Gasteiger partial charge in [-0.25, -0.2) is 4.98 Å². The fourth-order valence-corrected chi connectivity index (χ4v) is 3.52. The summed E-state index contributed by atoms with van der Waals surface area (Å²) in [5.74, 6) is 1.03. The Morgan fingerprint density at radius 2 is 1.85 bits per heavy atom. The number of nitrogens with zero attached hydrogens (tertiary/aromatic N) is 1. The third kappa shape index (κ3) is 4.91. The van der Waals surface area contributed by atoms with Gasteiger partial charge >= 0.3 is 0 Å². The van der Waals surface area contributed by atoms with Crippen LogP contribution < -0.4 is 14.8 Å². The zero-order valence-corrected chi connectivity index (χ0v) is 16.9. The summed E-state index contributed by atoms with van der Waals surface area (Å²) in [6, 6.07) is 12.1. The number of amides is 1. The highest BCUT2D eigenvalue weighted by molar-refractivity contribution is 7.13. The van der Waals surface area contributed by atoms with Gasteiger partial charge in [-0.15, -0.1) is 11.3 Å². The van der Waals surface area contributed by atoms with Crippen LogP contribution >= 0.6 is 34.5 Å². The number of aryl methyl sites for hydroxylation is 1. The number of hydrogen-bond acceptors (Lipinski definition) is 5. The van der Waals surface area contributed by atoms with Crippen molar-refractivity contribution in [2.75, 3.05) is 12.4 Å². The number of carbonyl (C=O) groups is 1. The average Bonchev–Trinajstić information content (AvgIpc) is 3.03. The van der Waals surface area contributed by atoms with Crippen molar-refractivity contribution in [2.24, 2.45) is 0 Å². The van der Waals surface area contributed by atoms with E-state index in [1.54, 1.807) is 56.5 Å². The molecule has 8 heteroatoms. The number of carbonyl (C=O) groups excluding carboxylic acids is 1. The van der Waals surface area contributed by atoms with Crippen LogP contribution in [0.1, 0.15) is 20.4 Å². The second-order valence-electron chi connectivity index (χ2n) is 5.56. The molecule has 140 valence electrons. The summed E-state index contributed by atoms with van der Waals surface area (Å²) in [5, 5.41) is 4.54. The van der Waals surface area contributed by atoms with E-state index in [0.717, 1.165) is 0 Å². The van der Waals surface area contributed by atoms with E-state index < -0.39 is 0 Å². The molecule has 0 radical (unpaired) electrons. The minimum absolute atomic E-state index is 0.268. The normalized spacial score (nSPS) is 10.5. The predicted molar refractivity (Wildman–Crippen MR) is 109 cm³/mol. The summed E-state index contributed by atoms with van der Waals surface area (Å²) in [7, 11) is 1.55. The van der Waals surface area contributed by atoms with Gasteiger partial charge in [0, 0.05) is 11.1 Å². The van der Waals surface area contributed by atoms with Crippen LogP contribution in [0.3, 0.4) is 0 Å². The molecular weight excluding hydrogens is 407 g/mol. The van der Waals surface area contributed by atoms with Crippen LogP contribution in [0.2, 0.25) is 10.0 Å². The standard InChI is InChI=1S/C19H16Cl2N2O3S/c1-11-18(19(24)23-16-8-7-14(25-2)9-15(16)21)27-17(22-11)10-26-13-5-3-12(20)4-6-13/h3-9H,10H2,1-2H3,(H,23,24). The summed E-state index contributed by atoms with van der Waals surface area (Å²) < 4.78 is 10.8. The molecule has 5 nitrogen and oxygen atoms in total. The lowest BCUT2D eigenvalue weighted by Crippen LogP contribution is -2.11. The molecule has 0 saturated carbocycles. The molecule has 27 heavy (non-hydrogen) atoms. The molecule has 0 fully saturated rings. The van der Waals surface area contributed by atoms with Crippen molar-refractivity contribution < 1.29 is 14.3 Å². The van der Waals surface area contributed by atoms with Crippen molar-refractivity contribution >= 4 is 46.1 Å². The smallest absolute Gasteiger partial charge is 0.267 e. The predicted octanol–water partition coefficient (Wildman–Crippen LogP) is 5.60. The maximum absolute atomic E-state index is 12.6. The number of methoxy groups -OCH3 is 1. The Bertz CT molecular complexity index is 958. The van der Waals surface area contributed by atoms with Gasteiger partial charge in [0.25, 0.3) is 5.91 Å². The van der Waals surface area contributed by atoms with Crippen molar-refractivity contribution in [1.82, 2.24) is 4.98 Å². The molecule has 0 saturated heterocycles. The Kier molecular flexibility index (Phi) is 6.21. The first kappa shape index (κ1) is 19.5. The van der Waals surface area contributed by atoms with Gasteiger partial charge in [0.2, 0.25) is 0 Å². The van der Waals surface area contributed by atoms with E-state index in [1.807, 2.05) is 0 Å². The first-order valence-electron chi connectivity index (χ1n) is 7.96. The minimum Gasteiger partial charge on any atom is -0.497 e. The van der Waals surface area contributed by atoms with Crippen molar-refractivity contribution in [3.8, 4) is 11.5 Å². The molecule has 0 aliphatic rings. The molecule has 0 aliphatic carbocycles. The van der Waals surface area contributed by atoms with E-state index >= 15 is 0 Å². The fraction of sp³-hybridized carbons (Fsp3) is 0.158. The number of nitrogens with one attached hydrogen (secondary N) is 1. The number of aromatic nitrogens is 1. The third-order valence-corrected chi connectivity index (χ3v) is 5.34. The fourth-order valence-electron chi connectivity index (χ4n) is 2.30. The molecule has 0 bridgehead atoms. The Morgan fingerprint density at radius 1 is 1.15 bits per heavy atom. The molecule has 0 aliphatic heterocycles. The van der Waals surface area contributed by atoms with Gasteiger partial charge in [0.15, 0.2) is 0 Å². The number of rotatable bonds is 6. The zero-order chi connectivity index (χ0) is 19.4. The van der Waals surface area contributed by atoms with Crippen LogP contribution in [0.5, 0.6) is 11.5 Å². The van der Waals surface area contributed by atoms with E-state index in [1.165, 1.54) is 11.3 Å². The second-order valence-corrected chi connectivity index (χ2v) is 7.49. The van der Waals surface area contributed by atoms with Crippen molar-refractivity contribution in [3.05, 3.63) is 68.1 Å². The monoisotopic (exact) mass is 422 g/mol. The Hall–Kier alpha value is -2.28. The van der Waals surface area contributed by atoms with Crippen molar-refractivity contribution in [1.29, 1.82) is 0 Å². The lowest BCUT2D eigenvalue weighted by Gasteiger charge is -2.08. The van der Waals surface area contributed by atoms with Gasteiger partial charge in [0.1, 0.15) is 28.0 Å². The Morgan fingerprint density at radius 3 is 2.52 bits per heavy atom. The van der Waals surface area contributed by atoms with Crippen molar-refractivity contribution in [2.45, 2.75) is 13.5 Å². The van der Waals surface area contributed by atoms with Gasteiger partial charge < -0.3 is 14.8 Å². The lowest BCUT2D eigenvalue weighted by atomic mass is 10.3. The highest BCUT2D eigenvalue weighted by Crippen LogP contribution is 2.28. The van der Waals surface area contributed by atoms with Crippen LogP contribution in [0.25, 0.3) is 0 Å². The molecule has 1 heterocycles. The summed E-state index contributed by atoms with van der Waals surface area (Å²) in [5.41, 5.74) is 1.14. The molecular formula is C19H16Cl2N2O3S. The van der Waals surface area contributed by atoms with E-state index in [2.05, 4.69) is 10.3 Å². The molecule has 0 unspecified atom stereocenters. The number of thiazole rings is 1. The summed E-state index contributed by atoms with van der Waals surface area (Å²) in [6.07, 6.45) is 0. The van der Waals surface area contributed by atoms with Gasteiger partial charge in [0.05, 0.1) is 23.5 Å². The lowest BCUT2D eigenvalue weighted by molar-refractivity contribution is 0.103. The molecule has 2 aromatic carbocycles. The van der Waals surface area contributed by atoms with Crippen molar-refractivity contribution in [3.63, 3.8) is 0 Å². The maximum atomic E-state index is 12.6. The molecule has 3 aromatic rings. The molecule has 1 amide bonds. The van der Waals surface area contributed by atoms with Crippen LogP contribution in [0, 0.1) is 6.92 Å². The van der Waals surface area contributed by atoms with Crippen LogP contribution in [0.4, 0.5) is 5.69 Å². The average molecular weight is 423 g/mol.